The summed E-state index contributed by atoms with van der Waals surface area (Å²) >= 11 is 60.8. The van der Waals surface area contributed by atoms with Crippen LogP contribution in [0.1, 0.15) is 68.0 Å². The highest BCUT2D eigenvalue weighted by molar-refractivity contribution is 6.47. The summed E-state index contributed by atoms with van der Waals surface area (Å²) in [5.41, 5.74) is 5.45. The summed E-state index contributed by atoms with van der Waals surface area (Å²) in [4.78, 5) is 98.6. The first-order valence-corrected chi connectivity index (χ1v) is 38.5. The van der Waals surface area contributed by atoms with Gasteiger partial charge in [-0.3, -0.25) is 50.3 Å². The van der Waals surface area contributed by atoms with E-state index in [2.05, 4.69) is 45.3 Å². The molecule has 11 rings (SSSR count). The van der Waals surface area contributed by atoms with Crippen molar-refractivity contribution >= 4 is 156 Å². The molecule has 2 amide bonds. The molecule has 6 heterocycles. The minimum Gasteiger partial charge on any atom is -0.475 e. The second-order valence-corrected chi connectivity index (χ2v) is 28.8. The fraction of sp³-hybridized carbons (Fsp3) is 0.182. The second-order valence-electron chi connectivity index (χ2n) is 24.7. The fourth-order valence-electron chi connectivity index (χ4n) is 8.88. The number of nitrogens with zero attached hydrogens (tertiary/aromatic N) is 11. The van der Waals surface area contributed by atoms with Crippen molar-refractivity contribution in [2.24, 2.45) is 5.10 Å². The number of nitriles is 2. The number of carbonyl (C=O) groups is 2. The number of aromatic amines is 2. The maximum absolute atomic E-state index is 12.0. The van der Waals surface area contributed by atoms with E-state index < -0.39 is 44.5 Å². The van der Waals surface area contributed by atoms with Gasteiger partial charge >= 0.3 is 11.8 Å². The van der Waals surface area contributed by atoms with Gasteiger partial charge in [0.25, 0.3) is 22.8 Å². The van der Waals surface area contributed by atoms with Crippen LogP contribution in [0.25, 0.3) is 5.69 Å². The van der Waals surface area contributed by atoms with Crippen molar-refractivity contribution in [3.8, 4) is 98.8 Å². The molecule has 0 aliphatic carbocycles. The molecule has 45 heteroatoms. The average molecular weight is 1870 g/mol. The predicted octanol–water partition coefficient (Wildman–Crippen LogP) is 20.4. The number of amides is 2. The van der Waals surface area contributed by atoms with Crippen molar-refractivity contribution in [2.45, 2.75) is 86.7 Å². The molecule has 636 valence electrons. The number of nitrogens with one attached hydrogen (secondary N) is 4. The lowest BCUT2D eigenvalue weighted by Gasteiger charge is -2.13. The van der Waals surface area contributed by atoms with Crippen LogP contribution in [0.5, 0.6) is 81.0 Å². The number of anilines is 2. The number of nitro benzene ring substituents is 2. The monoisotopic (exact) mass is 1870 g/mol. The van der Waals surface area contributed by atoms with Crippen molar-refractivity contribution in [3.63, 3.8) is 0 Å². The van der Waals surface area contributed by atoms with E-state index >= 15 is 0 Å². The van der Waals surface area contributed by atoms with Crippen molar-refractivity contribution < 1.29 is 66.8 Å². The van der Waals surface area contributed by atoms with Crippen LogP contribution in [-0.2, 0) is 9.53 Å². The van der Waals surface area contributed by atoms with E-state index in [4.69, 9.17) is 175 Å². The molecular formula is C77H64Cl10N16O19. The zero-order valence-electron chi connectivity index (χ0n) is 64.5. The summed E-state index contributed by atoms with van der Waals surface area (Å²) in [5.74, 6) is 3.65. The Labute approximate surface area is 741 Å². The summed E-state index contributed by atoms with van der Waals surface area (Å²) in [6, 6.07) is 32.5. The van der Waals surface area contributed by atoms with Gasteiger partial charge in [-0.1, -0.05) is 116 Å². The smallest absolute Gasteiger partial charge is 0.414 e. The number of halogens is 10. The largest absolute Gasteiger partial charge is 0.475 e. The Kier molecular flexibility index (Phi) is 36.6. The van der Waals surface area contributed by atoms with Gasteiger partial charge in [0, 0.05) is 66.5 Å². The lowest BCUT2D eigenvalue weighted by molar-refractivity contribution is -0.385. The maximum atomic E-state index is 12.0. The lowest BCUT2D eigenvalue weighted by atomic mass is 10.3. The molecule has 0 atom stereocenters. The normalized spacial score (nSPS) is 10.6. The molecule has 0 saturated heterocycles. The van der Waals surface area contributed by atoms with E-state index in [1.165, 1.54) is 73.3 Å². The number of imide groups is 1. The summed E-state index contributed by atoms with van der Waals surface area (Å²) in [6.45, 7) is 16.8. The van der Waals surface area contributed by atoms with E-state index in [-0.39, 0.29) is 123 Å². The number of hydrogen-bond acceptors (Lipinski definition) is 29. The molecule has 11 aromatic rings. The van der Waals surface area contributed by atoms with Crippen molar-refractivity contribution in [1.29, 1.82) is 10.5 Å². The molecule has 0 spiro atoms. The van der Waals surface area contributed by atoms with Crippen LogP contribution in [0.2, 0.25) is 50.2 Å². The van der Waals surface area contributed by atoms with Crippen LogP contribution in [0.4, 0.5) is 27.5 Å². The van der Waals surface area contributed by atoms with E-state index in [1.807, 2.05) is 65.7 Å². The Morgan fingerprint density at radius 3 is 1.16 bits per heavy atom. The number of H-pyrrole nitrogens is 2. The van der Waals surface area contributed by atoms with Gasteiger partial charge in [-0.05, 0) is 129 Å². The molecule has 35 nitrogen and oxygen atoms in total. The van der Waals surface area contributed by atoms with Crippen molar-refractivity contribution in [1.82, 2.24) is 45.0 Å². The molecule has 0 fully saturated rings. The predicted molar refractivity (Wildman–Crippen MR) is 458 cm³/mol. The number of pyridine rings is 5. The van der Waals surface area contributed by atoms with Crippen LogP contribution >= 0.6 is 116 Å². The molecule has 6 aromatic heterocycles. The Balaban J connectivity index is 0.000000213. The van der Waals surface area contributed by atoms with Gasteiger partial charge in [-0.25, -0.2) is 29.5 Å². The number of nitrogens with two attached hydrogens (primary N) is 1. The third-order valence-electron chi connectivity index (χ3n) is 13.8. The minimum absolute atomic E-state index is 0.00500. The van der Waals surface area contributed by atoms with E-state index in [0.717, 1.165) is 16.8 Å². The number of non-ortho nitro benzene ring substituents is 2. The Hall–Kier alpha value is -12.7. The number of carbonyl (C=O) groups excluding carboxylic acids is 2. The number of hydrazone groups is 1. The highest BCUT2D eigenvalue weighted by Gasteiger charge is 2.23. The second kappa shape index (κ2) is 46.2. The Morgan fingerprint density at radius 2 is 0.852 bits per heavy atom. The van der Waals surface area contributed by atoms with Gasteiger partial charge in [0.05, 0.1) is 127 Å². The first kappa shape index (κ1) is 96.5. The maximum Gasteiger partial charge on any atom is 0.414 e. The van der Waals surface area contributed by atoms with Crippen LogP contribution in [-0.4, -0.2) is 98.3 Å². The Morgan fingerprint density at radius 1 is 0.516 bits per heavy atom. The van der Waals surface area contributed by atoms with Gasteiger partial charge in [-0.2, -0.15) is 20.3 Å². The number of alkyl carbamates (subject to hydrolysis) is 1. The number of rotatable bonds is 25. The molecular weight excluding hydrogens is 1810 g/mol. The number of benzene rings is 5. The van der Waals surface area contributed by atoms with E-state index in [1.54, 1.807) is 85.9 Å². The standard InChI is InChI=1S/C20H19Cl2N5O5.C18H13Cl2N5O4.C14H12Cl2N2O4.C14H14Cl2N2O2.C11H6Cl2N2O4/c1-4-30-20(29)25-19(28)16(9-23)27-26-12-7-14(21)18(15(22)8-12)32-13-5-6-17(24-10-13)31-11(2)3;1-9(2)28-15-4-3-11(8-22-15)29-16-12(19)5-10(6-13(16)20)25-18(27)23-17(26)14(7-21)24-25;1-8(2)21-13-4-3-10(7-17-13)22-14-11(15)5-9(18(19)20)6-12(14)16;1-8(2)19-13-4-3-10(7-18-13)20-14-11(15)5-9(17)6-12(14)16;12-8-3-6(15(17)18)4-9(13)11(8)19-7-1-2-10(16)14-5-7/h5-8,10-11,26H,4H2,1-3H3,(H,25,28,29);3-6,8-9H,1-2H3,(H,23,26,27);3-8H,1-2H3;3-8H,17H2,1-2H3;1-5H,(H,14,16). The molecule has 0 aliphatic heterocycles. The summed E-state index contributed by atoms with van der Waals surface area (Å²) < 4.78 is 55.1. The SMILES string of the molecule is CC(C)Oc1ccc(Oc2c(Cl)cc(-n3nc(C#N)c(=O)[nH]c3=O)cc2Cl)cn1.CC(C)Oc1ccc(Oc2c(Cl)cc(N)cc2Cl)cn1.CC(C)Oc1ccc(Oc2c(Cl)cc([N+](=O)[O-])cc2Cl)cn1.CCOC(=O)NC(=O)C(C#N)=NNc1cc(Cl)c(Oc2ccc(OC(C)C)nc2)c(Cl)c1.O=c1ccc(Oc2c(Cl)cc([N+](=O)[O-])cc2Cl)c[nH]1. The molecule has 0 unspecified atom stereocenters. The molecule has 0 radical (unpaired) electrons. The van der Waals surface area contributed by atoms with Crippen LogP contribution in [0.3, 0.4) is 0 Å². The zero-order chi connectivity index (χ0) is 89.8. The van der Waals surface area contributed by atoms with Gasteiger partial charge in [0.15, 0.2) is 28.7 Å². The van der Waals surface area contributed by atoms with Crippen LogP contribution in [0, 0.1) is 42.9 Å². The highest BCUT2D eigenvalue weighted by Crippen LogP contribution is 2.44. The first-order valence-electron chi connectivity index (χ1n) is 34.7. The topological polar surface area (TPSA) is 475 Å². The number of nitro groups is 2. The Bertz CT molecular complexity index is 5750. The quantitative estimate of drug-likeness (QED) is 0.0153. The fourth-order valence-corrected chi connectivity index (χ4v) is 11.7. The van der Waals surface area contributed by atoms with E-state index in [9.17, 15) is 44.2 Å². The van der Waals surface area contributed by atoms with E-state index in [0.29, 0.717) is 73.7 Å². The number of aromatic nitrogens is 8. The number of ether oxygens (including phenoxy) is 10. The van der Waals surface area contributed by atoms with Crippen molar-refractivity contribution in [2.75, 3.05) is 17.8 Å². The van der Waals surface area contributed by atoms with Gasteiger partial charge < -0.3 is 58.1 Å². The molecule has 0 bridgehead atoms. The third-order valence-corrected chi connectivity index (χ3v) is 16.6. The number of hydrogen-bond donors (Lipinski definition) is 5. The molecule has 5 aromatic carbocycles. The molecule has 0 aliphatic rings. The van der Waals surface area contributed by atoms with Gasteiger partial charge in [0.2, 0.25) is 40.5 Å². The highest BCUT2D eigenvalue weighted by atomic mass is 35.5. The van der Waals surface area contributed by atoms with Crippen molar-refractivity contribution in [3.05, 3.63) is 260 Å². The van der Waals surface area contributed by atoms with Gasteiger partial charge in [0.1, 0.15) is 40.9 Å². The summed E-state index contributed by atoms with van der Waals surface area (Å²) in [7, 11) is 0. The summed E-state index contributed by atoms with van der Waals surface area (Å²) in [6.07, 6.45) is 6.28. The average Bonchev–Trinajstić information content (AvgIpc) is 0.886. The first-order chi connectivity index (χ1) is 57.8. The molecule has 122 heavy (non-hydrogen) atoms. The summed E-state index contributed by atoms with van der Waals surface area (Å²) in [5, 5.41) is 49.8. The molecule has 0 saturated carbocycles. The third kappa shape index (κ3) is 29.9. The zero-order valence-corrected chi connectivity index (χ0v) is 72.0. The van der Waals surface area contributed by atoms with Gasteiger partial charge in [-0.15, -0.1) is 5.10 Å². The molecule has 6 N–H and O–H groups in total. The minimum atomic E-state index is -1.03. The number of nitrogen functional groups attached to an aromatic ring is 1. The van der Waals surface area contributed by atoms with Crippen LogP contribution < -0.4 is 75.9 Å². The lowest BCUT2D eigenvalue weighted by Crippen LogP contribution is -2.36. The van der Waals surface area contributed by atoms with Crippen LogP contribution in [0.15, 0.2) is 172 Å².